The maximum absolute atomic E-state index is 12.4. The van der Waals surface area contributed by atoms with Crippen LogP contribution < -0.4 is 5.73 Å². The third-order valence-electron chi connectivity index (χ3n) is 4.68. The van der Waals surface area contributed by atoms with Crippen molar-refractivity contribution in [2.75, 3.05) is 14.2 Å². The standard InChI is InChI=1S/C17H22N2O7/c1-7-9(15(20)22-5)10(8(6-18)14(19)23-7)11-12(21-4)13-16(24-11)26-17(2,3)25-13/h10-13,16H,19H2,1-5H3/t10-,11+,12-,13+,16+/m0/s1. The fraction of sp³-hybridized carbons (Fsp3) is 0.647. The van der Waals surface area contributed by atoms with Crippen LogP contribution in [0, 0.1) is 17.2 Å². The van der Waals surface area contributed by atoms with Gasteiger partial charge in [0.15, 0.2) is 12.1 Å². The maximum atomic E-state index is 12.4. The van der Waals surface area contributed by atoms with Gasteiger partial charge in [-0.25, -0.2) is 4.79 Å². The fourth-order valence-electron chi connectivity index (χ4n) is 3.67. The summed E-state index contributed by atoms with van der Waals surface area (Å²) >= 11 is 0. The summed E-state index contributed by atoms with van der Waals surface area (Å²) in [6.07, 6.45) is -2.54. The molecule has 9 heteroatoms. The highest BCUT2D eigenvalue weighted by Gasteiger charge is 2.59. The predicted octanol–water partition coefficient (Wildman–Crippen LogP) is 0.665. The van der Waals surface area contributed by atoms with Crippen LogP contribution in [0.2, 0.25) is 0 Å². The van der Waals surface area contributed by atoms with Crippen molar-refractivity contribution in [2.45, 2.75) is 51.2 Å². The van der Waals surface area contributed by atoms with Crippen LogP contribution in [0.3, 0.4) is 0 Å². The van der Waals surface area contributed by atoms with Gasteiger partial charge in [0, 0.05) is 7.11 Å². The van der Waals surface area contributed by atoms with Crippen molar-refractivity contribution in [3.05, 3.63) is 22.8 Å². The van der Waals surface area contributed by atoms with Gasteiger partial charge < -0.3 is 34.2 Å². The van der Waals surface area contributed by atoms with E-state index in [0.717, 1.165) is 0 Å². The number of rotatable bonds is 3. The van der Waals surface area contributed by atoms with E-state index in [2.05, 4.69) is 0 Å². The van der Waals surface area contributed by atoms with Gasteiger partial charge in [0.05, 0.1) is 24.2 Å². The molecule has 0 aliphatic carbocycles. The highest BCUT2D eigenvalue weighted by molar-refractivity contribution is 5.91. The molecular formula is C17H22N2O7. The molecule has 0 saturated carbocycles. The van der Waals surface area contributed by atoms with Gasteiger partial charge in [-0.05, 0) is 20.8 Å². The van der Waals surface area contributed by atoms with Gasteiger partial charge in [0.1, 0.15) is 30.1 Å². The summed E-state index contributed by atoms with van der Waals surface area (Å²) in [7, 11) is 2.76. The van der Waals surface area contributed by atoms with E-state index in [-0.39, 0.29) is 22.8 Å². The van der Waals surface area contributed by atoms with Crippen molar-refractivity contribution < 1.29 is 33.2 Å². The topological polar surface area (TPSA) is 122 Å². The first-order valence-corrected chi connectivity index (χ1v) is 8.14. The summed E-state index contributed by atoms with van der Waals surface area (Å²) in [6, 6.07) is 2.01. The normalized spacial score (nSPS) is 35.8. The predicted molar refractivity (Wildman–Crippen MR) is 85.6 cm³/mol. The molecule has 3 aliphatic rings. The maximum Gasteiger partial charge on any atom is 0.337 e. The van der Waals surface area contributed by atoms with E-state index in [1.165, 1.54) is 14.2 Å². The molecule has 0 aromatic rings. The molecule has 3 rings (SSSR count). The van der Waals surface area contributed by atoms with E-state index < -0.39 is 42.3 Å². The minimum absolute atomic E-state index is 0.0716. The van der Waals surface area contributed by atoms with Gasteiger partial charge in [-0.2, -0.15) is 5.26 Å². The van der Waals surface area contributed by atoms with Gasteiger partial charge >= 0.3 is 5.97 Å². The summed E-state index contributed by atoms with van der Waals surface area (Å²) in [5, 5.41) is 9.59. The van der Waals surface area contributed by atoms with E-state index in [0.29, 0.717) is 0 Å². The molecule has 9 nitrogen and oxygen atoms in total. The first kappa shape index (κ1) is 18.7. The van der Waals surface area contributed by atoms with E-state index >= 15 is 0 Å². The zero-order valence-electron chi connectivity index (χ0n) is 15.3. The molecule has 2 fully saturated rings. The Kier molecular flexibility index (Phi) is 4.71. The van der Waals surface area contributed by atoms with Gasteiger partial charge in [0.25, 0.3) is 0 Å². The third-order valence-corrected chi connectivity index (χ3v) is 4.68. The van der Waals surface area contributed by atoms with Crippen LogP contribution >= 0.6 is 0 Å². The lowest BCUT2D eigenvalue weighted by molar-refractivity contribution is -0.220. The third kappa shape index (κ3) is 2.85. The number of hydrogen-bond donors (Lipinski definition) is 1. The van der Waals surface area contributed by atoms with E-state index in [1.807, 2.05) is 6.07 Å². The Balaban J connectivity index is 2.03. The molecule has 26 heavy (non-hydrogen) atoms. The van der Waals surface area contributed by atoms with Crippen molar-refractivity contribution in [3.63, 3.8) is 0 Å². The second kappa shape index (κ2) is 6.55. The van der Waals surface area contributed by atoms with Gasteiger partial charge in [-0.15, -0.1) is 0 Å². The molecule has 2 N–H and O–H groups in total. The molecule has 0 amide bonds. The Morgan fingerprint density at radius 2 is 1.96 bits per heavy atom. The Morgan fingerprint density at radius 1 is 1.27 bits per heavy atom. The lowest BCUT2D eigenvalue weighted by Gasteiger charge is -2.33. The number of esters is 1. The lowest BCUT2D eigenvalue weighted by atomic mass is 9.82. The van der Waals surface area contributed by atoms with Crippen molar-refractivity contribution >= 4 is 5.97 Å². The molecular weight excluding hydrogens is 344 g/mol. The highest BCUT2D eigenvalue weighted by atomic mass is 16.8. The molecule has 3 heterocycles. The average Bonchev–Trinajstić information content (AvgIpc) is 3.04. The summed E-state index contributed by atoms with van der Waals surface area (Å²) in [4.78, 5) is 12.4. The van der Waals surface area contributed by atoms with Crippen LogP contribution in [0.15, 0.2) is 22.8 Å². The van der Waals surface area contributed by atoms with Crippen LogP contribution in [-0.4, -0.2) is 50.6 Å². The second-order valence-corrected chi connectivity index (χ2v) is 6.70. The zero-order valence-corrected chi connectivity index (χ0v) is 15.3. The summed E-state index contributed by atoms with van der Waals surface area (Å²) in [6.45, 7) is 5.12. The lowest BCUT2D eigenvalue weighted by Crippen LogP contribution is -2.43. The number of ether oxygens (including phenoxy) is 6. The first-order valence-electron chi connectivity index (χ1n) is 8.14. The van der Waals surface area contributed by atoms with Crippen LogP contribution in [0.4, 0.5) is 0 Å². The van der Waals surface area contributed by atoms with Crippen LogP contribution in [0.1, 0.15) is 20.8 Å². The molecule has 3 aliphatic heterocycles. The minimum Gasteiger partial charge on any atom is -0.466 e. The number of carbonyl (C=O) groups is 1. The minimum atomic E-state index is -0.827. The number of carbonyl (C=O) groups excluding carboxylic acids is 1. The Bertz CT molecular complexity index is 721. The summed E-state index contributed by atoms with van der Waals surface area (Å²) in [5.41, 5.74) is 6.11. The number of nitrogens with zero attached hydrogens (tertiary/aromatic N) is 1. The van der Waals surface area contributed by atoms with Crippen molar-refractivity contribution in [2.24, 2.45) is 11.7 Å². The summed E-state index contributed by atoms with van der Waals surface area (Å²) in [5.74, 6) is -2.12. The molecule has 0 unspecified atom stereocenters. The molecule has 0 aromatic carbocycles. The quantitative estimate of drug-likeness (QED) is 0.718. The highest BCUT2D eigenvalue weighted by Crippen LogP contribution is 2.45. The van der Waals surface area contributed by atoms with E-state index in [9.17, 15) is 10.1 Å². The number of fused-ring (bicyclic) bond motifs is 1. The molecule has 0 bridgehead atoms. The Labute approximate surface area is 151 Å². The van der Waals surface area contributed by atoms with E-state index in [1.54, 1.807) is 20.8 Å². The van der Waals surface area contributed by atoms with Crippen molar-refractivity contribution in [1.82, 2.24) is 0 Å². The number of allylic oxidation sites excluding steroid dienone is 1. The summed E-state index contributed by atoms with van der Waals surface area (Å²) < 4.78 is 33.5. The second-order valence-electron chi connectivity index (χ2n) is 6.70. The number of hydrogen-bond acceptors (Lipinski definition) is 9. The largest absolute Gasteiger partial charge is 0.466 e. The number of nitrogens with two attached hydrogens (primary N) is 1. The molecule has 5 atom stereocenters. The zero-order chi connectivity index (χ0) is 19.2. The monoisotopic (exact) mass is 366 g/mol. The average molecular weight is 366 g/mol. The van der Waals surface area contributed by atoms with Gasteiger partial charge in [-0.1, -0.05) is 0 Å². The van der Waals surface area contributed by atoms with Crippen molar-refractivity contribution in [3.8, 4) is 6.07 Å². The Hall–Kier alpha value is -2.12. The fourth-order valence-corrected chi connectivity index (χ4v) is 3.67. The first-order chi connectivity index (χ1) is 12.2. The molecule has 0 aromatic heterocycles. The van der Waals surface area contributed by atoms with Crippen LogP contribution in [0.25, 0.3) is 0 Å². The molecule has 2 saturated heterocycles. The smallest absolute Gasteiger partial charge is 0.337 e. The SMILES string of the molecule is COC(=O)C1=C(C)OC(N)=C(C#N)[C@@H]1[C@H]1O[C@@H]2OC(C)(C)O[C@@H]2[C@H]1OC. The van der Waals surface area contributed by atoms with E-state index in [4.69, 9.17) is 34.2 Å². The van der Waals surface area contributed by atoms with Crippen LogP contribution in [-0.2, 0) is 33.2 Å². The van der Waals surface area contributed by atoms with Gasteiger partial charge in [0.2, 0.25) is 5.88 Å². The molecule has 0 spiro atoms. The Morgan fingerprint density at radius 3 is 2.54 bits per heavy atom. The van der Waals surface area contributed by atoms with Crippen molar-refractivity contribution in [1.29, 1.82) is 5.26 Å². The van der Waals surface area contributed by atoms with Gasteiger partial charge in [-0.3, -0.25) is 0 Å². The molecule has 142 valence electrons. The number of nitriles is 1. The van der Waals surface area contributed by atoms with Crippen LogP contribution in [0.5, 0.6) is 0 Å². The molecule has 0 radical (unpaired) electrons. The number of methoxy groups -OCH3 is 2.